The van der Waals surface area contributed by atoms with Gasteiger partial charge in [-0.05, 0) is 31.2 Å². The van der Waals surface area contributed by atoms with E-state index >= 15 is 0 Å². The molecule has 0 fully saturated rings. The minimum absolute atomic E-state index is 0.0657. The maximum atomic E-state index is 12.3. The molecular formula is C15H12O4. The molecule has 0 bridgehead atoms. The first-order valence-electron chi connectivity index (χ1n) is 6.01. The lowest BCUT2D eigenvalue weighted by atomic mass is 10.1. The predicted octanol–water partition coefficient (Wildman–Crippen LogP) is 3.05. The third kappa shape index (κ3) is 1.91. The molecule has 0 atom stereocenters. The van der Waals surface area contributed by atoms with Gasteiger partial charge in [-0.3, -0.25) is 4.79 Å². The first-order valence-corrected chi connectivity index (χ1v) is 6.01. The SMILES string of the molecule is CCOc1ccc2c(=O)c3ccc(O)cc3oc2c1. The Morgan fingerprint density at radius 1 is 1.11 bits per heavy atom. The number of phenols is 1. The molecule has 0 saturated heterocycles. The van der Waals surface area contributed by atoms with Crippen LogP contribution in [-0.4, -0.2) is 11.7 Å². The fraction of sp³-hybridized carbons (Fsp3) is 0.133. The van der Waals surface area contributed by atoms with Crippen LogP contribution in [0.25, 0.3) is 21.9 Å². The summed E-state index contributed by atoms with van der Waals surface area (Å²) in [7, 11) is 0. The zero-order valence-electron chi connectivity index (χ0n) is 10.3. The van der Waals surface area contributed by atoms with Crippen LogP contribution in [0.2, 0.25) is 0 Å². The van der Waals surface area contributed by atoms with Crippen LogP contribution in [0.3, 0.4) is 0 Å². The third-order valence-electron chi connectivity index (χ3n) is 2.94. The van der Waals surface area contributed by atoms with Crippen LogP contribution < -0.4 is 10.2 Å². The molecule has 96 valence electrons. The second-order valence-electron chi connectivity index (χ2n) is 4.20. The smallest absolute Gasteiger partial charge is 0.200 e. The van der Waals surface area contributed by atoms with Crippen molar-refractivity contribution in [2.24, 2.45) is 0 Å². The highest BCUT2D eigenvalue weighted by Crippen LogP contribution is 2.24. The van der Waals surface area contributed by atoms with E-state index in [9.17, 15) is 9.90 Å². The summed E-state index contributed by atoms with van der Waals surface area (Å²) in [4.78, 5) is 12.3. The standard InChI is InChI=1S/C15H12O4/c1-2-18-10-4-6-12-14(8-10)19-13-7-9(16)3-5-11(13)15(12)17/h3-8,16H,2H2,1H3. The Labute approximate surface area is 108 Å². The Balaban J connectivity index is 2.36. The monoisotopic (exact) mass is 256 g/mol. The third-order valence-corrected chi connectivity index (χ3v) is 2.94. The molecule has 4 heteroatoms. The highest BCUT2D eigenvalue weighted by molar-refractivity contribution is 5.90. The number of fused-ring (bicyclic) bond motifs is 2. The van der Waals surface area contributed by atoms with Gasteiger partial charge in [0.05, 0.1) is 17.4 Å². The average molecular weight is 256 g/mol. The van der Waals surface area contributed by atoms with Gasteiger partial charge in [0.2, 0.25) is 5.43 Å². The van der Waals surface area contributed by atoms with Crippen molar-refractivity contribution in [3.8, 4) is 11.5 Å². The van der Waals surface area contributed by atoms with Gasteiger partial charge < -0.3 is 14.3 Å². The van der Waals surface area contributed by atoms with Crippen LogP contribution in [-0.2, 0) is 0 Å². The minimum Gasteiger partial charge on any atom is -0.508 e. The van der Waals surface area contributed by atoms with Crippen molar-refractivity contribution in [2.75, 3.05) is 6.61 Å². The molecule has 1 aromatic heterocycles. The van der Waals surface area contributed by atoms with Crippen LogP contribution in [0.1, 0.15) is 6.92 Å². The zero-order chi connectivity index (χ0) is 13.4. The molecule has 0 unspecified atom stereocenters. The topological polar surface area (TPSA) is 59.7 Å². The molecule has 0 amide bonds. The molecule has 0 saturated carbocycles. The summed E-state index contributed by atoms with van der Waals surface area (Å²) in [5.41, 5.74) is 0.708. The predicted molar refractivity (Wildman–Crippen MR) is 72.8 cm³/mol. The lowest BCUT2D eigenvalue weighted by Crippen LogP contribution is -2.02. The first-order chi connectivity index (χ1) is 9.19. The highest BCUT2D eigenvalue weighted by atomic mass is 16.5. The van der Waals surface area contributed by atoms with Crippen LogP contribution >= 0.6 is 0 Å². The molecule has 0 aliphatic rings. The quantitative estimate of drug-likeness (QED) is 0.716. The fourth-order valence-electron chi connectivity index (χ4n) is 2.08. The van der Waals surface area contributed by atoms with Crippen LogP contribution in [0.4, 0.5) is 0 Å². The fourth-order valence-corrected chi connectivity index (χ4v) is 2.08. The maximum absolute atomic E-state index is 12.3. The molecule has 1 N–H and O–H groups in total. The summed E-state index contributed by atoms with van der Waals surface area (Å²) >= 11 is 0. The van der Waals surface area contributed by atoms with Crippen LogP contribution in [0.5, 0.6) is 11.5 Å². The van der Waals surface area contributed by atoms with E-state index in [4.69, 9.17) is 9.15 Å². The van der Waals surface area contributed by atoms with Crippen molar-refractivity contribution in [3.05, 3.63) is 46.6 Å². The van der Waals surface area contributed by atoms with Gasteiger partial charge in [0, 0.05) is 12.1 Å². The number of hydrogen-bond donors (Lipinski definition) is 1. The summed E-state index contributed by atoms with van der Waals surface area (Å²) in [6.45, 7) is 2.43. The Kier molecular flexibility index (Phi) is 2.63. The van der Waals surface area contributed by atoms with Gasteiger partial charge in [-0.25, -0.2) is 0 Å². The summed E-state index contributed by atoms with van der Waals surface area (Å²) in [6, 6.07) is 9.59. The summed E-state index contributed by atoms with van der Waals surface area (Å²) in [5, 5.41) is 10.4. The van der Waals surface area contributed by atoms with Crippen molar-refractivity contribution in [3.63, 3.8) is 0 Å². The molecule has 0 aliphatic heterocycles. The van der Waals surface area contributed by atoms with E-state index in [1.165, 1.54) is 12.1 Å². The van der Waals surface area contributed by atoms with Gasteiger partial charge >= 0.3 is 0 Å². The number of phenolic OH excluding ortho intramolecular Hbond substituents is 1. The summed E-state index contributed by atoms with van der Waals surface area (Å²) in [5.74, 6) is 0.716. The van der Waals surface area contributed by atoms with Gasteiger partial charge in [-0.1, -0.05) is 0 Å². The number of ether oxygens (including phenoxy) is 1. The van der Waals surface area contributed by atoms with E-state index in [-0.39, 0.29) is 11.2 Å². The molecule has 4 nitrogen and oxygen atoms in total. The molecule has 1 heterocycles. The van der Waals surface area contributed by atoms with E-state index in [1.807, 2.05) is 6.92 Å². The first kappa shape index (κ1) is 11.6. The number of rotatable bonds is 2. The van der Waals surface area contributed by atoms with Gasteiger partial charge in [-0.15, -0.1) is 0 Å². The summed E-state index contributed by atoms with van der Waals surface area (Å²) < 4.78 is 11.0. The lowest BCUT2D eigenvalue weighted by molar-refractivity contribution is 0.340. The van der Waals surface area contributed by atoms with Crippen LogP contribution in [0.15, 0.2) is 45.6 Å². The van der Waals surface area contributed by atoms with Gasteiger partial charge in [0.15, 0.2) is 0 Å². The van der Waals surface area contributed by atoms with Crippen molar-refractivity contribution in [1.82, 2.24) is 0 Å². The summed E-state index contributed by atoms with van der Waals surface area (Å²) in [6.07, 6.45) is 0. The van der Waals surface area contributed by atoms with Gasteiger partial charge in [0.1, 0.15) is 22.7 Å². The van der Waals surface area contributed by atoms with E-state index in [0.717, 1.165) is 0 Å². The molecule has 0 aliphatic carbocycles. The maximum Gasteiger partial charge on any atom is 0.200 e. The van der Waals surface area contributed by atoms with Crippen molar-refractivity contribution >= 4 is 21.9 Å². The molecule has 19 heavy (non-hydrogen) atoms. The van der Waals surface area contributed by atoms with Gasteiger partial charge in [0.25, 0.3) is 0 Å². The number of aromatic hydroxyl groups is 1. The second kappa shape index (κ2) is 4.31. The minimum atomic E-state index is -0.112. The second-order valence-corrected chi connectivity index (χ2v) is 4.20. The Morgan fingerprint density at radius 2 is 1.79 bits per heavy atom. The van der Waals surface area contributed by atoms with E-state index in [2.05, 4.69) is 0 Å². The molecule has 3 rings (SSSR count). The largest absolute Gasteiger partial charge is 0.508 e. The van der Waals surface area contributed by atoms with Crippen molar-refractivity contribution in [1.29, 1.82) is 0 Å². The van der Waals surface area contributed by atoms with E-state index < -0.39 is 0 Å². The molecule has 3 aromatic rings. The Bertz CT molecular complexity index is 817. The number of benzene rings is 2. The zero-order valence-corrected chi connectivity index (χ0v) is 10.3. The average Bonchev–Trinajstić information content (AvgIpc) is 2.38. The van der Waals surface area contributed by atoms with Crippen molar-refractivity contribution < 1.29 is 14.3 Å². The normalized spacial score (nSPS) is 11.0. The Morgan fingerprint density at radius 3 is 2.53 bits per heavy atom. The molecule has 0 radical (unpaired) electrons. The highest BCUT2D eigenvalue weighted by Gasteiger charge is 2.09. The van der Waals surface area contributed by atoms with E-state index in [0.29, 0.717) is 34.3 Å². The lowest BCUT2D eigenvalue weighted by Gasteiger charge is -2.05. The number of hydrogen-bond acceptors (Lipinski definition) is 4. The molecular weight excluding hydrogens is 244 g/mol. The Hall–Kier alpha value is -2.49. The molecule has 0 spiro atoms. The van der Waals surface area contributed by atoms with Gasteiger partial charge in [-0.2, -0.15) is 0 Å². The molecule has 2 aromatic carbocycles. The van der Waals surface area contributed by atoms with E-state index in [1.54, 1.807) is 24.3 Å². The van der Waals surface area contributed by atoms with Crippen LogP contribution in [0, 0.1) is 0 Å². The van der Waals surface area contributed by atoms with Crippen molar-refractivity contribution in [2.45, 2.75) is 6.92 Å².